The van der Waals surface area contributed by atoms with E-state index in [1.807, 2.05) is 0 Å². The first kappa shape index (κ1) is 25.5. The first-order valence-electron chi connectivity index (χ1n) is 13.8. The zero-order valence-corrected chi connectivity index (χ0v) is 25.5. The molecule has 194 valence electrons. The van der Waals surface area contributed by atoms with E-state index in [4.69, 9.17) is 8.85 Å². The Hall–Kier alpha value is -2.77. The minimum atomic E-state index is -2.04. The lowest BCUT2D eigenvalue weighted by atomic mass is 9.79. The Morgan fingerprint density at radius 2 is 1.00 bits per heavy atom. The number of benzene rings is 4. The van der Waals surface area contributed by atoms with Gasteiger partial charge in [-0.2, -0.15) is 0 Å². The molecule has 4 heteroatoms. The third-order valence-corrected chi connectivity index (χ3v) is 9.73. The molecule has 2 nitrogen and oxygen atoms in total. The Morgan fingerprint density at radius 1 is 0.553 bits per heavy atom. The van der Waals surface area contributed by atoms with Crippen LogP contribution in [0.15, 0.2) is 84.9 Å². The Kier molecular flexibility index (Phi) is 6.15. The van der Waals surface area contributed by atoms with Crippen LogP contribution in [0.5, 0.6) is 0 Å². The lowest BCUT2D eigenvalue weighted by molar-refractivity contribution is 0.0405. The minimum absolute atomic E-state index is 0.534. The lowest BCUT2D eigenvalue weighted by Crippen LogP contribution is -2.48. The molecule has 0 bridgehead atoms. The second-order valence-electron chi connectivity index (χ2n) is 12.8. The molecule has 0 heterocycles. The highest BCUT2D eigenvalue weighted by Crippen LogP contribution is 2.49. The van der Waals surface area contributed by atoms with Gasteiger partial charge in [0.05, 0.1) is 6.61 Å². The van der Waals surface area contributed by atoms with Crippen molar-refractivity contribution in [3.05, 3.63) is 118 Å². The molecule has 0 saturated heterocycles. The summed E-state index contributed by atoms with van der Waals surface area (Å²) >= 11 is 0. The predicted octanol–water partition coefficient (Wildman–Crippen LogP) is 8.78. The van der Waals surface area contributed by atoms with Gasteiger partial charge >= 0.3 is 0 Å². The molecular formula is C34H38O2Si2. The molecule has 0 radical (unpaired) electrons. The monoisotopic (exact) mass is 534 g/mol. The van der Waals surface area contributed by atoms with Crippen molar-refractivity contribution < 1.29 is 8.85 Å². The minimum Gasteiger partial charge on any atom is -0.414 e. The van der Waals surface area contributed by atoms with Crippen LogP contribution < -0.4 is 0 Å². The van der Waals surface area contributed by atoms with Gasteiger partial charge in [0.2, 0.25) is 0 Å². The predicted molar refractivity (Wildman–Crippen MR) is 164 cm³/mol. The smallest absolute Gasteiger partial charge is 0.185 e. The molecule has 0 spiro atoms. The zero-order valence-electron chi connectivity index (χ0n) is 23.5. The molecule has 4 aromatic carbocycles. The molecule has 0 unspecified atom stereocenters. The van der Waals surface area contributed by atoms with E-state index < -0.39 is 22.2 Å². The third kappa shape index (κ3) is 4.44. The van der Waals surface area contributed by atoms with Gasteiger partial charge in [0.25, 0.3) is 0 Å². The van der Waals surface area contributed by atoms with Crippen molar-refractivity contribution >= 4 is 16.6 Å². The fourth-order valence-electron chi connectivity index (χ4n) is 6.35. The van der Waals surface area contributed by atoms with E-state index in [-0.39, 0.29) is 0 Å². The third-order valence-electron chi connectivity index (χ3n) is 7.76. The first-order valence-corrected chi connectivity index (χ1v) is 20.6. The Balaban J connectivity index is 1.63. The van der Waals surface area contributed by atoms with Crippen molar-refractivity contribution in [3.8, 4) is 22.3 Å². The summed E-state index contributed by atoms with van der Waals surface area (Å²) in [5, 5.41) is 0. The van der Waals surface area contributed by atoms with E-state index in [1.165, 1.54) is 55.6 Å². The highest BCUT2D eigenvalue weighted by Gasteiger charge is 2.45. The largest absolute Gasteiger partial charge is 0.414 e. The Morgan fingerprint density at radius 3 is 1.45 bits per heavy atom. The van der Waals surface area contributed by atoms with Crippen molar-refractivity contribution in [2.75, 3.05) is 6.61 Å². The molecule has 38 heavy (non-hydrogen) atoms. The quantitative estimate of drug-likeness (QED) is 0.191. The maximum atomic E-state index is 7.48. The van der Waals surface area contributed by atoms with Gasteiger partial charge in [-0.25, -0.2) is 0 Å². The van der Waals surface area contributed by atoms with Gasteiger partial charge < -0.3 is 8.85 Å². The summed E-state index contributed by atoms with van der Waals surface area (Å²) in [6, 6.07) is 31.4. The molecule has 0 saturated carbocycles. The zero-order chi connectivity index (χ0) is 26.7. The van der Waals surface area contributed by atoms with E-state index in [1.54, 1.807) is 0 Å². The van der Waals surface area contributed by atoms with Crippen molar-refractivity contribution in [1.82, 2.24) is 0 Å². The van der Waals surface area contributed by atoms with Gasteiger partial charge in [-0.3, -0.25) is 0 Å². The second kappa shape index (κ2) is 9.16. The fourth-order valence-corrected chi connectivity index (χ4v) is 8.31. The van der Waals surface area contributed by atoms with Gasteiger partial charge in [-0.15, -0.1) is 0 Å². The number of hydrogen-bond donors (Lipinski definition) is 0. The van der Waals surface area contributed by atoms with Crippen LogP contribution in [0.1, 0.15) is 33.4 Å². The topological polar surface area (TPSA) is 18.5 Å². The summed E-state index contributed by atoms with van der Waals surface area (Å²) in [6.45, 7) is 14.3. The highest BCUT2D eigenvalue weighted by atomic mass is 28.4. The molecular weight excluding hydrogens is 497 g/mol. The average Bonchev–Trinajstić information content (AvgIpc) is 3.44. The van der Waals surface area contributed by atoms with Crippen molar-refractivity contribution in [2.45, 2.75) is 57.7 Å². The van der Waals surface area contributed by atoms with E-state index >= 15 is 0 Å². The first-order chi connectivity index (χ1) is 18.1. The summed E-state index contributed by atoms with van der Waals surface area (Å²) in [5.74, 6) is 0. The highest BCUT2D eigenvalue weighted by molar-refractivity contribution is 6.70. The molecule has 0 atom stereocenters. The van der Waals surface area contributed by atoms with Gasteiger partial charge in [0.15, 0.2) is 16.6 Å². The Labute approximate surface area is 229 Å². The van der Waals surface area contributed by atoms with Crippen molar-refractivity contribution in [3.63, 3.8) is 0 Å². The van der Waals surface area contributed by atoms with E-state index in [2.05, 4.69) is 124 Å². The molecule has 0 aromatic heterocycles. The summed E-state index contributed by atoms with van der Waals surface area (Å²) in [7, 11) is -3.90. The van der Waals surface area contributed by atoms with Gasteiger partial charge in [-0.1, -0.05) is 84.9 Å². The van der Waals surface area contributed by atoms with E-state index in [9.17, 15) is 0 Å². The van der Waals surface area contributed by atoms with Gasteiger partial charge in [0.1, 0.15) is 5.60 Å². The second-order valence-corrected chi connectivity index (χ2v) is 21.7. The maximum Gasteiger partial charge on any atom is 0.185 e. The normalized spacial score (nSPS) is 14.2. The molecule has 2 aliphatic rings. The average molecular weight is 535 g/mol. The van der Waals surface area contributed by atoms with Crippen LogP contribution in [-0.4, -0.2) is 23.2 Å². The number of rotatable bonds is 7. The van der Waals surface area contributed by atoms with Crippen molar-refractivity contribution in [2.24, 2.45) is 0 Å². The van der Waals surface area contributed by atoms with Crippen LogP contribution in [-0.2, 0) is 27.3 Å². The molecule has 2 aliphatic carbocycles. The van der Waals surface area contributed by atoms with Crippen LogP contribution in [0.4, 0.5) is 0 Å². The molecule has 0 aliphatic heterocycles. The lowest BCUT2D eigenvalue weighted by Gasteiger charge is -2.43. The van der Waals surface area contributed by atoms with Crippen LogP contribution in [0.2, 0.25) is 39.3 Å². The van der Waals surface area contributed by atoms with Gasteiger partial charge in [0, 0.05) is 0 Å². The SMILES string of the molecule is C[Si](C)(C)OCC(O[Si](C)(C)C)(c1cccc2c1Cc1ccccc1-2)c1cccc2c1Cc1ccccc1-2. The summed E-state index contributed by atoms with van der Waals surface area (Å²) in [4.78, 5) is 0. The molecule has 0 fully saturated rings. The summed E-state index contributed by atoms with van der Waals surface area (Å²) in [5.41, 5.74) is 12.8. The van der Waals surface area contributed by atoms with Crippen LogP contribution in [0.3, 0.4) is 0 Å². The molecule has 0 amide bonds. The van der Waals surface area contributed by atoms with Crippen LogP contribution >= 0.6 is 0 Å². The van der Waals surface area contributed by atoms with E-state index in [0.717, 1.165) is 12.8 Å². The number of hydrogen-bond acceptors (Lipinski definition) is 2. The standard InChI is InChI=1S/C34H38O2Si2/c1-37(2,3)35-23-34(36-38(4,5)6,32-19-11-17-28-26-15-9-7-13-24(26)21-30(28)32)33-20-12-18-29-27-16-10-8-14-25(27)22-31(29)33/h7-20H,21-23H2,1-6H3. The molecule has 0 N–H and O–H groups in total. The van der Waals surface area contributed by atoms with Crippen LogP contribution in [0.25, 0.3) is 22.3 Å². The summed E-state index contributed by atoms with van der Waals surface area (Å²) in [6.07, 6.45) is 1.86. The molecule has 4 aromatic rings. The van der Waals surface area contributed by atoms with Gasteiger partial charge in [-0.05, 0) is 108 Å². The van der Waals surface area contributed by atoms with E-state index in [0.29, 0.717) is 6.61 Å². The summed E-state index contributed by atoms with van der Waals surface area (Å²) < 4.78 is 14.3. The molecule has 6 rings (SSSR count). The van der Waals surface area contributed by atoms with Crippen molar-refractivity contribution in [1.29, 1.82) is 0 Å². The maximum absolute atomic E-state index is 7.48. The fraction of sp³-hybridized carbons (Fsp3) is 0.294. The Bertz CT molecular complexity index is 1430. The van der Waals surface area contributed by atoms with Crippen LogP contribution in [0, 0.1) is 0 Å². The number of fused-ring (bicyclic) bond motifs is 6.